The average Bonchev–Trinajstić information content (AvgIpc) is 2.61. The molecular formula is C14H16ClNO2. The minimum atomic E-state index is 0.0905. The second kappa shape index (κ2) is 4.56. The van der Waals surface area contributed by atoms with Crippen LogP contribution in [0.2, 0.25) is 5.02 Å². The molecule has 18 heavy (non-hydrogen) atoms. The SMILES string of the molecule is Cc1ccc(C(=O)N2C3CCC2COC3)cc1Cl. The summed E-state index contributed by atoms with van der Waals surface area (Å²) in [4.78, 5) is 14.5. The zero-order valence-corrected chi connectivity index (χ0v) is 11.1. The summed E-state index contributed by atoms with van der Waals surface area (Å²) in [6.07, 6.45) is 2.10. The Morgan fingerprint density at radius 2 is 2.00 bits per heavy atom. The molecule has 0 saturated carbocycles. The number of benzene rings is 1. The quantitative estimate of drug-likeness (QED) is 0.781. The van der Waals surface area contributed by atoms with E-state index in [1.54, 1.807) is 6.07 Å². The maximum absolute atomic E-state index is 12.5. The van der Waals surface area contributed by atoms with Gasteiger partial charge < -0.3 is 9.64 Å². The highest BCUT2D eigenvalue weighted by molar-refractivity contribution is 6.31. The first-order valence-electron chi connectivity index (χ1n) is 6.33. The molecule has 2 saturated heterocycles. The lowest BCUT2D eigenvalue weighted by molar-refractivity contribution is -0.00715. The molecule has 0 spiro atoms. The monoisotopic (exact) mass is 265 g/mol. The van der Waals surface area contributed by atoms with Crippen LogP contribution in [0, 0.1) is 6.92 Å². The van der Waals surface area contributed by atoms with Crippen molar-refractivity contribution in [3.05, 3.63) is 34.3 Å². The largest absolute Gasteiger partial charge is 0.377 e. The predicted octanol–water partition coefficient (Wildman–Crippen LogP) is 2.65. The summed E-state index contributed by atoms with van der Waals surface area (Å²) in [6, 6.07) is 6.03. The highest BCUT2D eigenvalue weighted by Gasteiger charge is 2.40. The first kappa shape index (κ1) is 12.0. The van der Waals surface area contributed by atoms with Gasteiger partial charge in [-0.15, -0.1) is 0 Å². The van der Waals surface area contributed by atoms with Crippen molar-refractivity contribution in [2.75, 3.05) is 13.2 Å². The second-order valence-corrected chi connectivity index (χ2v) is 5.51. The van der Waals surface area contributed by atoms with Gasteiger partial charge in [0.25, 0.3) is 5.91 Å². The number of nitrogens with zero attached hydrogens (tertiary/aromatic N) is 1. The molecule has 1 amide bonds. The first-order chi connectivity index (χ1) is 8.66. The Balaban J connectivity index is 1.88. The van der Waals surface area contributed by atoms with E-state index in [4.69, 9.17) is 16.3 Å². The number of fused-ring (bicyclic) bond motifs is 2. The van der Waals surface area contributed by atoms with Crippen LogP contribution >= 0.6 is 11.6 Å². The molecule has 2 atom stereocenters. The summed E-state index contributed by atoms with van der Waals surface area (Å²) in [5.74, 6) is 0.0905. The zero-order valence-electron chi connectivity index (χ0n) is 10.4. The van der Waals surface area contributed by atoms with Gasteiger partial charge in [-0.05, 0) is 37.5 Å². The van der Waals surface area contributed by atoms with Crippen molar-refractivity contribution in [2.45, 2.75) is 31.8 Å². The van der Waals surface area contributed by atoms with Crippen LogP contribution < -0.4 is 0 Å². The fraction of sp³-hybridized carbons (Fsp3) is 0.500. The molecule has 1 aromatic rings. The van der Waals surface area contributed by atoms with E-state index >= 15 is 0 Å². The number of ether oxygens (including phenoxy) is 1. The van der Waals surface area contributed by atoms with Gasteiger partial charge in [0.1, 0.15) is 0 Å². The van der Waals surface area contributed by atoms with E-state index in [0.717, 1.165) is 18.4 Å². The van der Waals surface area contributed by atoms with Crippen molar-refractivity contribution < 1.29 is 9.53 Å². The fourth-order valence-corrected chi connectivity index (χ4v) is 3.02. The van der Waals surface area contributed by atoms with E-state index in [1.807, 2.05) is 24.0 Å². The van der Waals surface area contributed by atoms with Gasteiger partial charge in [-0.2, -0.15) is 0 Å². The molecule has 3 rings (SSSR count). The molecule has 2 fully saturated rings. The van der Waals surface area contributed by atoms with Gasteiger partial charge in [0, 0.05) is 10.6 Å². The summed E-state index contributed by atoms with van der Waals surface area (Å²) < 4.78 is 5.50. The Hall–Kier alpha value is -1.06. The van der Waals surface area contributed by atoms with Gasteiger partial charge in [-0.25, -0.2) is 0 Å². The smallest absolute Gasteiger partial charge is 0.254 e. The van der Waals surface area contributed by atoms with Gasteiger partial charge in [-0.1, -0.05) is 17.7 Å². The lowest BCUT2D eigenvalue weighted by Crippen LogP contribution is -2.49. The van der Waals surface area contributed by atoms with E-state index in [-0.39, 0.29) is 18.0 Å². The van der Waals surface area contributed by atoms with Gasteiger partial charge in [0.05, 0.1) is 25.3 Å². The fourth-order valence-electron chi connectivity index (χ4n) is 2.84. The molecule has 2 heterocycles. The molecular weight excluding hydrogens is 250 g/mol. The highest BCUT2D eigenvalue weighted by Crippen LogP contribution is 2.30. The summed E-state index contributed by atoms with van der Waals surface area (Å²) in [5, 5.41) is 0.654. The zero-order chi connectivity index (χ0) is 12.7. The maximum atomic E-state index is 12.5. The number of hydrogen-bond acceptors (Lipinski definition) is 2. The molecule has 2 bridgehead atoms. The number of carbonyl (C=O) groups excluding carboxylic acids is 1. The summed E-state index contributed by atoms with van der Waals surface area (Å²) in [6.45, 7) is 3.28. The Morgan fingerprint density at radius 1 is 1.33 bits per heavy atom. The molecule has 0 aromatic heterocycles. The van der Waals surface area contributed by atoms with Crippen molar-refractivity contribution in [3.8, 4) is 0 Å². The molecule has 3 nitrogen and oxygen atoms in total. The number of aryl methyl sites for hydroxylation is 1. The molecule has 0 radical (unpaired) electrons. The molecule has 2 aliphatic rings. The van der Waals surface area contributed by atoms with E-state index in [1.165, 1.54) is 0 Å². The lowest BCUT2D eigenvalue weighted by atomic mass is 10.1. The van der Waals surface area contributed by atoms with Crippen LogP contribution in [0.5, 0.6) is 0 Å². The van der Waals surface area contributed by atoms with Crippen molar-refractivity contribution in [1.82, 2.24) is 4.90 Å². The highest BCUT2D eigenvalue weighted by atomic mass is 35.5. The maximum Gasteiger partial charge on any atom is 0.254 e. The molecule has 4 heteroatoms. The van der Waals surface area contributed by atoms with E-state index in [2.05, 4.69) is 0 Å². The number of rotatable bonds is 1. The van der Waals surface area contributed by atoms with Crippen LogP contribution in [-0.4, -0.2) is 36.1 Å². The van der Waals surface area contributed by atoms with E-state index < -0.39 is 0 Å². The third kappa shape index (κ3) is 1.91. The number of halogens is 1. The number of carbonyl (C=O) groups is 1. The Kier molecular flexibility index (Phi) is 3.04. The normalized spacial score (nSPS) is 26.4. The number of morpholine rings is 1. The Morgan fingerprint density at radius 3 is 2.61 bits per heavy atom. The van der Waals surface area contributed by atoms with Crippen molar-refractivity contribution in [1.29, 1.82) is 0 Å². The van der Waals surface area contributed by atoms with Crippen molar-refractivity contribution in [3.63, 3.8) is 0 Å². The minimum Gasteiger partial charge on any atom is -0.377 e. The molecule has 1 aromatic carbocycles. The molecule has 96 valence electrons. The molecule has 2 unspecified atom stereocenters. The lowest BCUT2D eigenvalue weighted by Gasteiger charge is -2.34. The minimum absolute atomic E-state index is 0.0905. The van der Waals surface area contributed by atoms with Crippen LogP contribution in [0.25, 0.3) is 0 Å². The standard InChI is InChI=1S/C14H16ClNO2/c1-9-2-3-10(6-13(9)15)14(17)16-11-4-5-12(16)8-18-7-11/h2-3,6,11-12H,4-5,7-8H2,1H3. The van der Waals surface area contributed by atoms with Crippen LogP contribution in [0.1, 0.15) is 28.8 Å². The van der Waals surface area contributed by atoms with E-state index in [0.29, 0.717) is 23.8 Å². The van der Waals surface area contributed by atoms with Gasteiger partial charge in [0.2, 0.25) is 0 Å². The molecule has 0 N–H and O–H groups in total. The Bertz CT molecular complexity index is 473. The number of hydrogen-bond donors (Lipinski definition) is 0. The second-order valence-electron chi connectivity index (χ2n) is 5.10. The van der Waals surface area contributed by atoms with E-state index in [9.17, 15) is 4.79 Å². The molecule has 0 aliphatic carbocycles. The summed E-state index contributed by atoms with van der Waals surface area (Å²) in [5.41, 5.74) is 1.68. The third-order valence-corrected chi connectivity index (χ3v) is 4.30. The van der Waals surface area contributed by atoms with Crippen LogP contribution in [0.3, 0.4) is 0 Å². The predicted molar refractivity (Wildman–Crippen MR) is 70.0 cm³/mol. The number of amides is 1. The summed E-state index contributed by atoms with van der Waals surface area (Å²) >= 11 is 6.09. The Labute approximate surface area is 112 Å². The van der Waals surface area contributed by atoms with Gasteiger partial charge in [0.15, 0.2) is 0 Å². The first-order valence-corrected chi connectivity index (χ1v) is 6.71. The summed E-state index contributed by atoms with van der Waals surface area (Å²) in [7, 11) is 0. The van der Waals surface area contributed by atoms with Crippen LogP contribution in [0.15, 0.2) is 18.2 Å². The third-order valence-electron chi connectivity index (χ3n) is 3.89. The van der Waals surface area contributed by atoms with Crippen molar-refractivity contribution >= 4 is 17.5 Å². The van der Waals surface area contributed by atoms with Crippen molar-refractivity contribution in [2.24, 2.45) is 0 Å². The molecule has 2 aliphatic heterocycles. The topological polar surface area (TPSA) is 29.5 Å². The van der Waals surface area contributed by atoms with Gasteiger partial charge >= 0.3 is 0 Å². The van der Waals surface area contributed by atoms with Gasteiger partial charge in [-0.3, -0.25) is 4.79 Å². The van der Waals surface area contributed by atoms with Crippen LogP contribution in [-0.2, 0) is 4.74 Å². The van der Waals surface area contributed by atoms with Crippen LogP contribution in [0.4, 0.5) is 0 Å². The average molecular weight is 266 g/mol.